The second-order valence-electron chi connectivity index (χ2n) is 3.75. The van der Waals surface area contributed by atoms with E-state index in [2.05, 4.69) is 25.9 Å². The molecule has 4 nitrogen and oxygen atoms in total. The molecule has 0 radical (unpaired) electrons. The lowest BCUT2D eigenvalue weighted by Gasteiger charge is -2.00. The van der Waals surface area contributed by atoms with Crippen molar-refractivity contribution in [3.05, 3.63) is 34.0 Å². The molecular formula is C11H9BrN4S. The van der Waals surface area contributed by atoms with Crippen LogP contribution >= 0.6 is 27.3 Å². The highest BCUT2D eigenvalue weighted by atomic mass is 79.9. The maximum atomic E-state index is 6.13. The van der Waals surface area contributed by atoms with Gasteiger partial charge in [0.25, 0.3) is 0 Å². The SMILES string of the molecule is Cc1cc(Br)cn2c(N)c(-c3cncs3)nc12. The van der Waals surface area contributed by atoms with Gasteiger partial charge in [-0.3, -0.25) is 9.38 Å². The van der Waals surface area contributed by atoms with Crippen LogP contribution in [-0.4, -0.2) is 14.4 Å². The molecule has 86 valence electrons. The zero-order chi connectivity index (χ0) is 12.0. The number of aromatic nitrogens is 3. The molecule has 0 aromatic carbocycles. The van der Waals surface area contributed by atoms with Gasteiger partial charge in [-0.15, -0.1) is 11.3 Å². The van der Waals surface area contributed by atoms with Crippen molar-refractivity contribution in [2.75, 3.05) is 5.73 Å². The van der Waals surface area contributed by atoms with Gasteiger partial charge in [0.1, 0.15) is 17.2 Å². The van der Waals surface area contributed by atoms with Crippen LogP contribution in [0.1, 0.15) is 5.56 Å². The van der Waals surface area contributed by atoms with E-state index in [1.54, 1.807) is 11.7 Å². The average molecular weight is 309 g/mol. The summed E-state index contributed by atoms with van der Waals surface area (Å²) in [7, 11) is 0. The summed E-state index contributed by atoms with van der Waals surface area (Å²) in [6.45, 7) is 2.02. The van der Waals surface area contributed by atoms with E-state index in [4.69, 9.17) is 5.73 Å². The maximum Gasteiger partial charge on any atom is 0.142 e. The standard InChI is InChI=1S/C11H9BrN4S/c1-6-2-7(12)4-16-10(13)9(15-11(6)16)8-3-14-5-17-8/h2-5H,13H2,1H3. The van der Waals surface area contributed by atoms with E-state index >= 15 is 0 Å². The van der Waals surface area contributed by atoms with E-state index in [0.717, 1.165) is 26.3 Å². The zero-order valence-electron chi connectivity index (χ0n) is 9.01. The second kappa shape index (κ2) is 3.82. The van der Waals surface area contributed by atoms with E-state index in [1.807, 2.05) is 23.6 Å². The quantitative estimate of drug-likeness (QED) is 0.751. The minimum absolute atomic E-state index is 0.647. The number of fused-ring (bicyclic) bond motifs is 1. The fraction of sp³-hybridized carbons (Fsp3) is 0.0909. The highest BCUT2D eigenvalue weighted by molar-refractivity contribution is 9.10. The molecule has 17 heavy (non-hydrogen) atoms. The number of hydrogen-bond donors (Lipinski definition) is 1. The van der Waals surface area contributed by atoms with Crippen LogP contribution in [0.15, 0.2) is 28.4 Å². The van der Waals surface area contributed by atoms with Crippen LogP contribution in [0, 0.1) is 6.92 Å². The summed E-state index contributed by atoms with van der Waals surface area (Å²) >= 11 is 5.00. The Morgan fingerprint density at radius 1 is 1.47 bits per heavy atom. The fourth-order valence-electron chi connectivity index (χ4n) is 1.80. The molecule has 0 aliphatic rings. The van der Waals surface area contributed by atoms with Crippen LogP contribution in [0.4, 0.5) is 5.82 Å². The minimum Gasteiger partial charge on any atom is -0.383 e. The Balaban J connectivity index is 2.36. The third kappa shape index (κ3) is 1.64. The lowest BCUT2D eigenvalue weighted by molar-refractivity contribution is 1.16. The predicted molar refractivity (Wildman–Crippen MR) is 73.1 cm³/mol. The first kappa shape index (κ1) is 10.7. The molecule has 0 amide bonds. The summed E-state index contributed by atoms with van der Waals surface area (Å²) in [5, 5.41) is 0. The molecule has 0 aliphatic carbocycles. The van der Waals surface area contributed by atoms with Gasteiger partial charge in [-0.2, -0.15) is 0 Å². The smallest absolute Gasteiger partial charge is 0.142 e. The monoisotopic (exact) mass is 308 g/mol. The number of aryl methyl sites for hydroxylation is 1. The van der Waals surface area contributed by atoms with E-state index in [-0.39, 0.29) is 0 Å². The van der Waals surface area contributed by atoms with Gasteiger partial charge >= 0.3 is 0 Å². The van der Waals surface area contributed by atoms with Gasteiger partial charge < -0.3 is 5.73 Å². The third-order valence-corrected chi connectivity index (χ3v) is 3.79. The Morgan fingerprint density at radius 3 is 3.00 bits per heavy atom. The molecular weight excluding hydrogens is 300 g/mol. The molecule has 3 aromatic rings. The summed E-state index contributed by atoms with van der Waals surface area (Å²) < 4.78 is 2.89. The van der Waals surface area contributed by atoms with Crippen molar-refractivity contribution >= 4 is 38.7 Å². The van der Waals surface area contributed by atoms with E-state index in [0.29, 0.717) is 5.82 Å². The highest BCUT2D eigenvalue weighted by Gasteiger charge is 2.14. The number of pyridine rings is 1. The largest absolute Gasteiger partial charge is 0.383 e. The van der Waals surface area contributed by atoms with Gasteiger partial charge in [0.15, 0.2) is 0 Å². The Kier molecular flexibility index (Phi) is 2.41. The van der Waals surface area contributed by atoms with Crippen molar-refractivity contribution in [3.8, 4) is 10.6 Å². The lowest BCUT2D eigenvalue weighted by atomic mass is 10.3. The first-order chi connectivity index (χ1) is 8.16. The molecule has 3 rings (SSSR count). The number of nitrogens with two attached hydrogens (primary N) is 1. The van der Waals surface area contributed by atoms with Crippen molar-refractivity contribution in [3.63, 3.8) is 0 Å². The van der Waals surface area contributed by atoms with Gasteiger partial charge in [0.2, 0.25) is 0 Å². The molecule has 0 saturated carbocycles. The topological polar surface area (TPSA) is 56.2 Å². The molecule has 0 saturated heterocycles. The van der Waals surface area contributed by atoms with Crippen LogP contribution in [-0.2, 0) is 0 Å². The average Bonchev–Trinajstić information content (AvgIpc) is 2.87. The summed E-state index contributed by atoms with van der Waals surface area (Å²) in [6, 6.07) is 2.03. The fourth-order valence-corrected chi connectivity index (χ4v) is 2.97. The first-order valence-electron chi connectivity index (χ1n) is 4.99. The van der Waals surface area contributed by atoms with Gasteiger partial charge in [0.05, 0.1) is 10.4 Å². The van der Waals surface area contributed by atoms with Crippen molar-refractivity contribution in [1.29, 1.82) is 0 Å². The molecule has 0 atom stereocenters. The number of halogens is 1. The predicted octanol–water partition coefficient (Wildman–Crippen LogP) is 3.11. The van der Waals surface area contributed by atoms with Crippen molar-refractivity contribution < 1.29 is 0 Å². The van der Waals surface area contributed by atoms with E-state index in [1.165, 1.54) is 11.3 Å². The Labute approximate surface area is 110 Å². The lowest BCUT2D eigenvalue weighted by Crippen LogP contribution is -1.94. The molecule has 3 aromatic heterocycles. The van der Waals surface area contributed by atoms with Crippen molar-refractivity contribution in [2.24, 2.45) is 0 Å². The third-order valence-electron chi connectivity index (χ3n) is 2.57. The van der Waals surface area contributed by atoms with Crippen molar-refractivity contribution in [1.82, 2.24) is 14.4 Å². The Bertz CT molecular complexity index is 687. The number of rotatable bonds is 1. The number of anilines is 1. The molecule has 6 heteroatoms. The molecule has 0 aliphatic heterocycles. The summed E-state index contributed by atoms with van der Waals surface area (Å²) in [5.74, 6) is 0.647. The molecule has 3 heterocycles. The van der Waals surface area contributed by atoms with Gasteiger partial charge in [-0.1, -0.05) is 0 Å². The van der Waals surface area contributed by atoms with Crippen LogP contribution in [0.2, 0.25) is 0 Å². The van der Waals surface area contributed by atoms with Gasteiger partial charge in [-0.25, -0.2) is 4.98 Å². The highest BCUT2D eigenvalue weighted by Crippen LogP contribution is 2.30. The molecule has 0 unspecified atom stereocenters. The molecule has 0 bridgehead atoms. The summed E-state index contributed by atoms with van der Waals surface area (Å²) in [5.41, 5.74) is 10.7. The number of nitrogen functional groups attached to an aromatic ring is 1. The van der Waals surface area contributed by atoms with Crippen LogP contribution in [0.25, 0.3) is 16.2 Å². The number of thiazole rings is 1. The second-order valence-corrected chi connectivity index (χ2v) is 5.55. The molecule has 2 N–H and O–H groups in total. The first-order valence-corrected chi connectivity index (χ1v) is 6.66. The van der Waals surface area contributed by atoms with Crippen LogP contribution < -0.4 is 5.73 Å². The van der Waals surface area contributed by atoms with Crippen LogP contribution in [0.3, 0.4) is 0 Å². The summed E-state index contributed by atoms with van der Waals surface area (Å²) in [6.07, 6.45) is 3.71. The van der Waals surface area contributed by atoms with E-state index in [9.17, 15) is 0 Å². The number of imidazole rings is 1. The molecule has 0 spiro atoms. The number of hydrogen-bond acceptors (Lipinski definition) is 4. The molecule has 0 fully saturated rings. The summed E-state index contributed by atoms with van der Waals surface area (Å²) in [4.78, 5) is 9.62. The normalized spacial score (nSPS) is 11.2. The van der Waals surface area contributed by atoms with Gasteiger partial charge in [0, 0.05) is 16.9 Å². The number of nitrogens with zero attached hydrogens (tertiary/aromatic N) is 3. The van der Waals surface area contributed by atoms with E-state index < -0.39 is 0 Å². The maximum absolute atomic E-state index is 6.13. The van der Waals surface area contributed by atoms with Crippen LogP contribution in [0.5, 0.6) is 0 Å². The van der Waals surface area contributed by atoms with Crippen molar-refractivity contribution in [2.45, 2.75) is 6.92 Å². The van der Waals surface area contributed by atoms with Gasteiger partial charge in [-0.05, 0) is 34.5 Å². The zero-order valence-corrected chi connectivity index (χ0v) is 11.4. The minimum atomic E-state index is 0.647. The Morgan fingerprint density at radius 2 is 2.29 bits per heavy atom. The Hall–Kier alpha value is -1.40.